The molecule has 1 N–H and O–H groups in total. The van der Waals surface area contributed by atoms with Crippen molar-refractivity contribution in [1.82, 2.24) is 9.97 Å². The Labute approximate surface area is 88.5 Å². The van der Waals surface area contributed by atoms with Crippen LogP contribution in [0.1, 0.15) is 11.4 Å². The monoisotopic (exact) mass is 200 g/mol. The summed E-state index contributed by atoms with van der Waals surface area (Å²) in [7, 11) is 0. The summed E-state index contributed by atoms with van der Waals surface area (Å²) in [5.74, 6) is 1.07. The van der Waals surface area contributed by atoms with Crippen molar-refractivity contribution >= 4 is 0 Å². The second-order valence-corrected chi connectivity index (χ2v) is 3.52. The molecule has 0 aliphatic carbocycles. The second kappa shape index (κ2) is 3.69. The van der Waals surface area contributed by atoms with Gasteiger partial charge in [-0.1, -0.05) is 6.07 Å². The first-order valence-electron chi connectivity index (χ1n) is 4.75. The zero-order chi connectivity index (χ0) is 10.8. The Hall–Kier alpha value is -1.90. The summed E-state index contributed by atoms with van der Waals surface area (Å²) >= 11 is 0. The van der Waals surface area contributed by atoms with Crippen LogP contribution in [0.3, 0.4) is 0 Å². The molecule has 3 heteroatoms. The fraction of sp³-hybridized carbons (Fsp3) is 0.167. The van der Waals surface area contributed by atoms with Crippen LogP contribution in [0.2, 0.25) is 0 Å². The number of hydrogen-bond donors (Lipinski definition) is 1. The van der Waals surface area contributed by atoms with Crippen LogP contribution in [0, 0.1) is 13.8 Å². The summed E-state index contributed by atoms with van der Waals surface area (Å²) < 4.78 is 0. The van der Waals surface area contributed by atoms with Crippen LogP contribution in [0.5, 0.6) is 5.75 Å². The van der Waals surface area contributed by atoms with Crippen molar-refractivity contribution in [3.63, 3.8) is 0 Å². The number of hydrogen-bond acceptors (Lipinski definition) is 3. The highest BCUT2D eigenvalue weighted by Crippen LogP contribution is 2.24. The zero-order valence-corrected chi connectivity index (χ0v) is 8.73. The molecule has 76 valence electrons. The van der Waals surface area contributed by atoms with Gasteiger partial charge in [0.25, 0.3) is 0 Å². The average Bonchev–Trinajstić information content (AvgIpc) is 2.23. The number of aromatic hydroxyl groups is 1. The Morgan fingerprint density at radius 3 is 2.27 bits per heavy atom. The highest BCUT2D eigenvalue weighted by atomic mass is 16.3. The van der Waals surface area contributed by atoms with E-state index >= 15 is 0 Å². The molecule has 0 saturated heterocycles. The van der Waals surface area contributed by atoms with Crippen molar-refractivity contribution in [3.05, 3.63) is 42.0 Å². The standard InChI is InChI=1S/C12H12N2O/c1-8-5-10(3-4-12(8)15)11-6-13-9(2)14-7-11/h3-7,15H,1-2H3. The molecule has 0 amide bonds. The van der Waals surface area contributed by atoms with Gasteiger partial charge in [0.05, 0.1) is 0 Å². The van der Waals surface area contributed by atoms with E-state index in [4.69, 9.17) is 0 Å². The normalized spacial score (nSPS) is 10.3. The highest BCUT2D eigenvalue weighted by Gasteiger charge is 2.01. The lowest BCUT2D eigenvalue weighted by molar-refractivity contribution is 0.471. The molecule has 0 aliphatic heterocycles. The molecule has 0 radical (unpaired) electrons. The summed E-state index contributed by atoms with van der Waals surface area (Å²) in [6, 6.07) is 5.46. The molecule has 0 atom stereocenters. The van der Waals surface area contributed by atoms with Crippen molar-refractivity contribution in [2.45, 2.75) is 13.8 Å². The number of aromatic nitrogens is 2. The topological polar surface area (TPSA) is 46.0 Å². The molecular weight excluding hydrogens is 188 g/mol. The van der Waals surface area contributed by atoms with E-state index in [0.717, 1.165) is 22.5 Å². The predicted octanol–water partition coefficient (Wildman–Crippen LogP) is 2.47. The lowest BCUT2D eigenvalue weighted by Crippen LogP contribution is -1.88. The third-order valence-corrected chi connectivity index (χ3v) is 2.31. The molecule has 0 saturated carbocycles. The van der Waals surface area contributed by atoms with Gasteiger partial charge in [-0.05, 0) is 37.1 Å². The van der Waals surface area contributed by atoms with Crippen LogP contribution in [0.4, 0.5) is 0 Å². The third-order valence-electron chi connectivity index (χ3n) is 2.31. The van der Waals surface area contributed by atoms with E-state index < -0.39 is 0 Å². The summed E-state index contributed by atoms with van der Waals surface area (Å²) in [6.07, 6.45) is 3.57. The second-order valence-electron chi connectivity index (χ2n) is 3.52. The van der Waals surface area contributed by atoms with Gasteiger partial charge < -0.3 is 5.11 Å². The minimum atomic E-state index is 0.312. The molecule has 3 nitrogen and oxygen atoms in total. The quantitative estimate of drug-likeness (QED) is 0.769. The van der Waals surface area contributed by atoms with Crippen LogP contribution < -0.4 is 0 Å². The molecule has 1 aromatic carbocycles. The SMILES string of the molecule is Cc1ncc(-c2ccc(O)c(C)c2)cn1. The van der Waals surface area contributed by atoms with Crippen molar-refractivity contribution in [1.29, 1.82) is 0 Å². The van der Waals surface area contributed by atoms with Gasteiger partial charge in [-0.25, -0.2) is 9.97 Å². The van der Waals surface area contributed by atoms with Crippen molar-refractivity contribution in [2.24, 2.45) is 0 Å². The van der Waals surface area contributed by atoms with Gasteiger partial charge in [-0.2, -0.15) is 0 Å². The number of phenolic OH excluding ortho intramolecular Hbond substituents is 1. The lowest BCUT2D eigenvalue weighted by Gasteiger charge is -2.03. The Balaban J connectivity index is 2.45. The van der Waals surface area contributed by atoms with Crippen LogP contribution in [-0.2, 0) is 0 Å². The summed E-state index contributed by atoms with van der Waals surface area (Å²) in [6.45, 7) is 3.72. The van der Waals surface area contributed by atoms with Gasteiger partial charge in [0.2, 0.25) is 0 Å². The number of rotatable bonds is 1. The van der Waals surface area contributed by atoms with Crippen LogP contribution in [-0.4, -0.2) is 15.1 Å². The average molecular weight is 200 g/mol. The summed E-state index contributed by atoms with van der Waals surface area (Å²) in [5.41, 5.74) is 2.84. The molecule has 1 aromatic heterocycles. The Kier molecular flexibility index (Phi) is 2.37. The lowest BCUT2D eigenvalue weighted by atomic mass is 10.1. The third kappa shape index (κ3) is 1.96. The molecule has 0 aliphatic rings. The minimum absolute atomic E-state index is 0.312. The molecule has 0 bridgehead atoms. The van der Waals surface area contributed by atoms with E-state index in [-0.39, 0.29) is 0 Å². The molecule has 15 heavy (non-hydrogen) atoms. The Bertz CT molecular complexity index is 477. The fourth-order valence-electron chi connectivity index (χ4n) is 1.38. The van der Waals surface area contributed by atoms with E-state index in [9.17, 15) is 5.11 Å². The van der Waals surface area contributed by atoms with Crippen molar-refractivity contribution in [3.8, 4) is 16.9 Å². The van der Waals surface area contributed by atoms with Gasteiger partial charge in [-0.15, -0.1) is 0 Å². The van der Waals surface area contributed by atoms with Crippen LogP contribution >= 0.6 is 0 Å². The maximum absolute atomic E-state index is 9.40. The maximum atomic E-state index is 9.40. The van der Waals surface area contributed by atoms with E-state index in [0.29, 0.717) is 5.75 Å². The molecule has 1 heterocycles. The first-order valence-corrected chi connectivity index (χ1v) is 4.75. The fourth-order valence-corrected chi connectivity index (χ4v) is 1.38. The van der Waals surface area contributed by atoms with E-state index in [1.807, 2.05) is 26.0 Å². The Morgan fingerprint density at radius 2 is 1.67 bits per heavy atom. The first kappa shape index (κ1) is 9.65. The molecular formula is C12H12N2O. The first-order chi connectivity index (χ1) is 7.16. The van der Waals surface area contributed by atoms with Gasteiger partial charge in [-0.3, -0.25) is 0 Å². The summed E-state index contributed by atoms with van der Waals surface area (Å²) in [5, 5.41) is 9.40. The molecule has 0 unspecified atom stereocenters. The molecule has 2 rings (SSSR count). The zero-order valence-electron chi connectivity index (χ0n) is 8.73. The predicted molar refractivity (Wildman–Crippen MR) is 58.6 cm³/mol. The minimum Gasteiger partial charge on any atom is -0.508 e. The number of aryl methyl sites for hydroxylation is 2. The number of benzene rings is 1. The van der Waals surface area contributed by atoms with Gasteiger partial charge in [0, 0.05) is 18.0 Å². The van der Waals surface area contributed by atoms with E-state index in [1.165, 1.54) is 0 Å². The summed E-state index contributed by atoms with van der Waals surface area (Å²) in [4.78, 5) is 8.27. The molecule has 2 aromatic rings. The highest BCUT2D eigenvalue weighted by molar-refractivity contribution is 5.63. The Morgan fingerprint density at radius 1 is 1.00 bits per heavy atom. The van der Waals surface area contributed by atoms with Crippen LogP contribution in [0.15, 0.2) is 30.6 Å². The van der Waals surface area contributed by atoms with Crippen molar-refractivity contribution < 1.29 is 5.11 Å². The molecule has 0 spiro atoms. The van der Waals surface area contributed by atoms with Gasteiger partial charge >= 0.3 is 0 Å². The molecule has 0 fully saturated rings. The van der Waals surface area contributed by atoms with E-state index in [1.54, 1.807) is 18.5 Å². The van der Waals surface area contributed by atoms with Crippen molar-refractivity contribution in [2.75, 3.05) is 0 Å². The smallest absolute Gasteiger partial charge is 0.125 e. The van der Waals surface area contributed by atoms with Gasteiger partial charge in [0.15, 0.2) is 0 Å². The van der Waals surface area contributed by atoms with Crippen LogP contribution in [0.25, 0.3) is 11.1 Å². The number of phenols is 1. The maximum Gasteiger partial charge on any atom is 0.125 e. The number of nitrogens with zero attached hydrogens (tertiary/aromatic N) is 2. The largest absolute Gasteiger partial charge is 0.508 e. The van der Waals surface area contributed by atoms with E-state index in [2.05, 4.69) is 9.97 Å². The van der Waals surface area contributed by atoms with Gasteiger partial charge in [0.1, 0.15) is 11.6 Å².